The number of aliphatic hydroxyl groups is 5. The van der Waals surface area contributed by atoms with Crippen molar-refractivity contribution in [2.24, 2.45) is 21.7 Å². The second-order valence-electron chi connectivity index (χ2n) is 15.0. The Morgan fingerprint density at radius 3 is 1.92 bits per heavy atom. The Kier molecular flexibility index (Phi) is 12.2. The number of aliphatic hydroxyl groups excluding tert-OH is 5. The van der Waals surface area contributed by atoms with Crippen LogP contribution in [0.1, 0.15) is 94.9 Å². The van der Waals surface area contributed by atoms with Crippen molar-refractivity contribution in [2.45, 2.75) is 138 Å². The lowest BCUT2D eigenvalue weighted by molar-refractivity contribution is -0.114. The van der Waals surface area contributed by atoms with Gasteiger partial charge in [0.05, 0.1) is 29.8 Å². The molecule has 0 radical (unpaired) electrons. The van der Waals surface area contributed by atoms with E-state index in [4.69, 9.17) is 17.0 Å². The molecule has 0 heterocycles. The van der Waals surface area contributed by atoms with Crippen LogP contribution in [0, 0.1) is 21.7 Å². The molecule has 37 heavy (non-hydrogen) atoms. The van der Waals surface area contributed by atoms with Crippen LogP contribution in [0.3, 0.4) is 0 Å². The summed E-state index contributed by atoms with van der Waals surface area (Å²) in [6.07, 6.45) is -0.997. The zero-order valence-corrected chi connectivity index (χ0v) is 25.6. The third-order valence-electron chi connectivity index (χ3n) is 6.81. The van der Waals surface area contributed by atoms with Gasteiger partial charge in [-0.2, -0.15) is 0 Å². The number of ether oxygens (including phenoxy) is 1. The van der Waals surface area contributed by atoms with Crippen molar-refractivity contribution in [3.05, 3.63) is 12.2 Å². The Morgan fingerprint density at radius 2 is 1.41 bits per heavy atom. The molecule has 7 unspecified atom stereocenters. The van der Waals surface area contributed by atoms with Gasteiger partial charge in [0, 0.05) is 12.8 Å². The SMILES string of the molecule is CC(C)(C)CC(C)(C)CC(=S)NC(COC1C=CC(O)C(O)C1O)C(O)CC(O)C(C)(C)CC(C)(C)C. The minimum Gasteiger partial charge on any atom is -0.392 e. The van der Waals surface area contributed by atoms with Gasteiger partial charge in [0.15, 0.2) is 0 Å². The van der Waals surface area contributed by atoms with Crippen LogP contribution in [0.25, 0.3) is 0 Å². The first-order valence-electron chi connectivity index (χ1n) is 13.5. The predicted octanol–water partition coefficient (Wildman–Crippen LogP) is 3.74. The first-order chi connectivity index (χ1) is 16.5. The van der Waals surface area contributed by atoms with Crippen LogP contribution in [0.4, 0.5) is 0 Å². The first-order valence-corrected chi connectivity index (χ1v) is 13.9. The van der Waals surface area contributed by atoms with Crippen LogP contribution < -0.4 is 5.32 Å². The zero-order chi connectivity index (χ0) is 29.0. The Bertz CT molecular complexity index is 754. The second kappa shape index (κ2) is 13.2. The number of nitrogens with one attached hydrogen (secondary N) is 1. The van der Waals surface area contributed by atoms with Gasteiger partial charge in [0.2, 0.25) is 0 Å². The summed E-state index contributed by atoms with van der Waals surface area (Å²) in [6, 6.07) is -0.636. The van der Waals surface area contributed by atoms with E-state index in [-0.39, 0.29) is 29.3 Å². The Hall–Kier alpha value is -0.610. The number of hydrogen-bond donors (Lipinski definition) is 6. The average Bonchev–Trinajstić information content (AvgIpc) is 2.66. The third-order valence-corrected chi connectivity index (χ3v) is 7.08. The summed E-state index contributed by atoms with van der Waals surface area (Å²) in [7, 11) is 0. The van der Waals surface area contributed by atoms with E-state index >= 15 is 0 Å². The fraction of sp³-hybridized carbons (Fsp3) is 0.897. The normalized spacial score (nSPS) is 26.0. The van der Waals surface area contributed by atoms with Crippen molar-refractivity contribution in [1.82, 2.24) is 5.32 Å². The molecule has 1 aliphatic carbocycles. The van der Waals surface area contributed by atoms with Crippen LogP contribution in [-0.4, -0.2) is 79.8 Å². The molecule has 218 valence electrons. The fourth-order valence-corrected chi connectivity index (χ4v) is 6.39. The summed E-state index contributed by atoms with van der Waals surface area (Å²) in [6.45, 7) is 21.3. The van der Waals surface area contributed by atoms with Crippen molar-refractivity contribution >= 4 is 17.2 Å². The Morgan fingerprint density at radius 1 is 0.865 bits per heavy atom. The molecule has 1 aliphatic rings. The van der Waals surface area contributed by atoms with Gasteiger partial charge >= 0.3 is 0 Å². The monoisotopic (exact) mass is 545 g/mol. The second-order valence-corrected chi connectivity index (χ2v) is 15.4. The molecule has 0 spiro atoms. The molecule has 6 N–H and O–H groups in total. The minimum atomic E-state index is -1.36. The molecule has 7 nitrogen and oxygen atoms in total. The topological polar surface area (TPSA) is 122 Å². The highest BCUT2D eigenvalue weighted by Crippen LogP contribution is 2.38. The van der Waals surface area contributed by atoms with E-state index < -0.39 is 48.1 Å². The fourth-order valence-electron chi connectivity index (χ4n) is 5.85. The quantitative estimate of drug-likeness (QED) is 0.162. The highest BCUT2D eigenvalue weighted by molar-refractivity contribution is 7.80. The average molecular weight is 546 g/mol. The van der Waals surface area contributed by atoms with Crippen LogP contribution >= 0.6 is 12.2 Å². The van der Waals surface area contributed by atoms with Crippen LogP contribution in [0.15, 0.2) is 12.2 Å². The van der Waals surface area contributed by atoms with Gasteiger partial charge in [-0.25, -0.2) is 0 Å². The maximum atomic E-state index is 11.2. The van der Waals surface area contributed by atoms with Crippen LogP contribution in [0.5, 0.6) is 0 Å². The molecule has 0 bridgehead atoms. The van der Waals surface area contributed by atoms with Gasteiger partial charge in [0.1, 0.15) is 24.4 Å². The Balaban J connectivity index is 3.01. The zero-order valence-electron chi connectivity index (χ0n) is 24.8. The highest BCUT2D eigenvalue weighted by atomic mass is 32.1. The van der Waals surface area contributed by atoms with E-state index in [2.05, 4.69) is 60.7 Å². The van der Waals surface area contributed by atoms with Crippen molar-refractivity contribution in [1.29, 1.82) is 0 Å². The number of thiocarbonyl (C=S) groups is 1. The van der Waals surface area contributed by atoms with E-state index in [1.807, 2.05) is 13.8 Å². The molecule has 0 saturated carbocycles. The van der Waals surface area contributed by atoms with E-state index in [0.717, 1.165) is 12.8 Å². The van der Waals surface area contributed by atoms with E-state index in [1.54, 1.807) is 0 Å². The molecule has 0 fully saturated rings. The summed E-state index contributed by atoms with van der Waals surface area (Å²) in [5, 5.41) is 55.6. The van der Waals surface area contributed by atoms with Crippen LogP contribution in [-0.2, 0) is 4.74 Å². The molecule has 1 rings (SSSR count). The molecule has 8 heteroatoms. The lowest BCUT2D eigenvalue weighted by Gasteiger charge is -2.39. The summed E-state index contributed by atoms with van der Waals surface area (Å²) in [5.41, 5.74) is -0.318. The first kappa shape index (κ1) is 34.4. The van der Waals surface area contributed by atoms with Gasteiger partial charge < -0.3 is 35.6 Å². The molecule has 0 aromatic rings. The molecule has 0 aromatic carbocycles. The lowest BCUT2D eigenvalue weighted by Crippen LogP contribution is -2.52. The van der Waals surface area contributed by atoms with E-state index in [9.17, 15) is 25.5 Å². The minimum absolute atomic E-state index is 0.0116. The van der Waals surface area contributed by atoms with Crippen molar-refractivity contribution in [3.8, 4) is 0 Å². The molecule has 0 aliphatic heterocycles. The largest absolute Gasteiger partial charge is 0.392 e. The predicted molar refractivity (Wildman–Crippen MR) is 153 cm³/mol. The molecular formula is C29H55NO6S. The summed E-state index contributed by atoms with van der Waals surface area (Å²) >= 11 is 5.70. The van der Waals surface area contributed by atoms with Crippen molar-refractivity contribution < 1.29 is 30.3 Å². The third kappa shape index (κ3) is 12.4. The number of hydrogen-bond acceptors (Lipinski definition) is 7. The smallest absolute Gasteiger partial charge is 0.112 e. The summed E-state index contributed by atoms with van der Waals surface area (Å²) in [4.78, 5) is 0.598. The molecule has 0 saturated heterocycles. The van der Waals surface area contributed by atoms with Gasteiger partial charge in [0.25, 0.3) is 0 Å². The maximum Gasteiger partial charge on any atom is 0.112 e. The van der Waals surface area contributed by atoms with E-state index in [0.29, 0.717) is 11.4 Å². The van der Waals surface area contributed by atoms with E-state index in [1.165, 1.54) is 12.2 Å². The van der Waals surface area contributed by atoms with Gasteiger partial charge in [-0.3, -0.25) is 0 Å². The molecule has 0 amide bonds. The van der Waals surface area contributed by atoms with Crippen LogP contribution in [0.2, 0.25) is 0 Å². The maximum absolute atomic E-state index is 11.2. The molecule has 7 atom stereocenters. The summed E-state index contributed by atoms with van der Waals surface area (Å²) < 4.78 is 5.88. The van der Waals surface area contributed by atoms with Crippen molar-refractivity contribution in [3.63, 3.8) is 0 Å². The van der Waals surface area contributed by atoms with Gasteiger partial charge in [-0.15, -0.1) is 0 Å². The lowest BCUT2D eigenvalue weighted by atomic mass is 9.71. The van der Waals surface area contributed by atoms with Crippen molar-refractivity contribution in [2.75, 3.05) is 6.61 Å². The molecular weight excluding hydrogens is 490 g/mol. The summed E-state index contributed by atoms with van der Waals surface area (Å²) in [5.74, 6) is 0. The van der Waals surface area contributed by atoms with Gasteiger partial charge in [-0.1, -0.05) is 93.6 Å². The van der Waals surface area contributed by atoms with Gasteiger partial charge in [-0.05, 0) is 34.5 Å². The Labute approximate surface area is 230 Å². The highest BCUT2D eigenvalue weighted by Gasteiger charge is 2.37. The number of rotatable bonds is 12. The molecule has 0 aromatic heterocycles. The standard InChI is InChI=1S/C29H55NO6S/c1-26(2,3)16-28(7,8)14-23(37)30-18(15-36-21-12-11-19(31)24(34)25(21)35)20(32)13-22(33)29(9,10)17-27(4,5)6/h11-12,18-22,24-25,31-35H,13-17H2,1-10H3,(H,30,37).